The van der Waals surface area contributed by atoms with Gasteiger partial charge in [-0.15, -0.1) is 6.58 Å². The van der Waals surface area contributed by atoms with Gasteiger partial charge in [0.1, 0.15) is 0 Å². The molecular formula is C11H19N3O3S. The molecule has 0 aliphatic heterocycles. The lowest BCUT2D eigenvalue weighted by molar-refractivity contribution is 0.260. The number of aromatic nitrogens is 1. The van der Waals surface area contributed by atoms with Crippen LogP contribution in [-0.2, 0) is 16.6 Å². The van der Waals surface area contributed by atoms with E-state index >= 15 is 0 Å². The summed E-state index contributed by atoms with van der Waals surface area (Å²) in [6.07, 6.45) is 2.95. The van der Waals surface area contributed by atoms with Gasteiger partial charge in [0, 0.05) is 31.5 Å². The van der Waals surface area contributed by atoms with Gasteiger partial charge in [-0.25, -0.2) is 8.42 Å². The van der Waals surface area contributed by atoms with Crippen LogP contribution in [0, 0.1) is 0 Å². The molecule has 0 aliphatic rings. The minimum absolute atomic E-state index is 0.0564. The molecule has 102 valence electrons. The van der Waals surface area contributed by atoms with Crippen molar-refractivity contribution in [3.63, 3.8) is 0 Å². The Morgan fingerprint density at radius 1 is 1.61 bits per heavy atom. The molecule has 1 aromatic heterocycles. The smallest absolute Gasteiger partial charge is 0.244 e. The number of nitrogens with one attached hydrogen (secondary N) is 2. The molecular weight excluding hydrogens is 254 g/mol. The van der Waals surface area contributed by atoms with Gasteiger partial charge in [0.25, 0.3) is 0 Å². The number of hydrogen-bond donors (Lipinski definition) is 3. The summed E-state index contributed by atoms with van der Waals surface area (Å²) in [5, 5.41) is 11.8. The molecule has 0 spiro atoms. The number of sulfonamides is 1. The molecule has 0 amide bonds. The van der Waals surface area contributed by atoms with E-state index in [2.05, 4.69) is 16.9 Å². The summed E-state index contributed by atoms with van der Waals surface area (Å²) < 4.78 is 25.7. The van der Waals surface area contributed by atoms with Crippen molar-refractivity contribution in [1.29, 1.82) is 0 Å². The molecule has 0 radical (unpaired) electrons. The summed E-state index contributed by atoms with van der Waals surface area (Å²) in [4.78, 5) is 3.09. The molecule has 3 N–H and O–H groups in total. The maximum absolute atomic E-state index is 12.3. The van der Waals surface area contributed by atoms with Gasteiger partial charge in [-0.05, 0) is 13.1 Å². The predicted molar refractivity (Wildman–Crippen MR) is 69.6 cm³/mol. The summed E-state index contributed by atoms with van der Waals surface area (Å²) in [5.74, 6) is 0. The summed E-state index contributed by atoms with van der Waals surface area (Å²) in [6, 6.07) is 1.58. The van der Waals surface area contributed by atoms with Crippen LogP contribution in [0.1, 0.15) is 5.69 Å². The topological polar surface area (TPSA) is 85.4 Å². The zero-order chi connectivity index (χ0) is 13.6. The highest BCUT2D eigenvalue weighted by atomic mass is 32.2. The Kier molecular flexibility index (Phi) is 5.54. The summed E-state index contributed by atoms with van der Waals surface area (Å²) in [6.45, 7) is 4.10. The first-order chi connectivity index (χ1) is 8.56. The van der Waals surface area contributed by atoms with Crippen molar-refractivity contribution in [2.24, 2.45) is 0 Å². The van der Waals surface area contributed by atoms with E-state index in [1.54, 1.807) is 13.1 Å². The number of aliphatic hydroxyl groups is 1. The first kappa shape index (κ1) is 14.9. The molecule has 1 aromatic rings. The van der Waals surface area contributed by atoms with Crippen LogP contribution in [0.5, 0.6) is 0 Å². The highest BCUT2D eigenvalue weighted by molar-refractivity contribution is 7.89. The number of hydrogen-bond acceptors (Lipinski definition) is 4. The molecule has 1 heterocycles. The van der Waals surface area contributed by atoms with Crippen molar-refractivity contribution in [3.8, 4) is 0 Å². The molecule has 7 heteroatoms. The zero-order valence-electron chi connectivity index (χ0n) is 10.4. The fraction of sp³-hybridized carbons (Fsp3) is 0.455. The van der Waals surface area contributed by atoms with Crippen molar-refractivity contribution in [3.05, 3.63) is 30.6 Å². The van der Waals surface area contributed by atoms with E-state index in [0.717, 1.165) is 5.69 Å². The van der Waals surface area contributed by atoms with Crippen LogP contribution in [0.3, 0.4) is 0 Å². The maximum atomic E-state index is 12.3. The minimum atomic E-state index is -3.58. The van der Waals surface area contributed by atoms with Crippen molar-refractivity contribution >= 4 is 10.0 Å². The van der Waals surface area contributed by atoms with Crippen molar-refractivity contribution < 1.29 is 13.5 Å². The molecule has 0 aromatic carbocycles. The normalized spacial score (nSPS) is 11.9. The van der Waals surface area contributed by atoms with E-state index in [-0.39, 0.29) is 24.6 Å². The SMILES string of the molecule is C=CCN(CCO)S(=O)(=O)c1c[nH]c(CNC)c1. The third-order valence-corrected chi connectivity index (χ3v) is 4.25. The van der Waals surface area contributed by atoms with Crippen LogP contribution >= 0.6 is 0 Å². The second kappa shape index (κ2) is 6.69. The van der Waals surface area contributed by atoms with E-state index in [9.17, 15) is 8.42 Å². The summed E-state index contributed by atoms with van der Waals surface area (Å²) in [7, 11) is -1.80. The van der Waals surface area contributed by atoms with Crippen LogP contribution in [0.4, 0.5) is 0 Å². The highest BCUT2D eigenvalue weighted by Gasteiger charge is 2.23. The van der Waals surface area contributed by atoms with Gasteiger partial charge in [-0.3, -0.25) is 0 Å². The van der Waals surface area contributed by atoms with Crippen LogP contribution < -0.4 is 5.32 Å². The lowest BCUT2D eigenvalue weighted by Crippen LogP contribution is -2.33. The third kappa shape index (κ3) is 3.42. The van der Waals surface area contributed by atoms with E-state index in [4.69, 9.17) is 5.11 Å². The Morgan fingerprint density at radius 3 is 2.89 bits per heavy atom. The van der Waals surface area contributed by atoms with Crippen molar-refractivity contribution in [2.75, 3.05) is 26.7 Å². The van der Waals surface area contributed by atoms with Crippen molar-refractivity contribution in [1.82, 2.24) is 14.6 Å². The number of nitrogens with zero attached hydrogens (tertiary/aromatic N) is 1. The van der Waals surface area contributed by atoms with Gasteiger partial charge in [-0.2, -0.15) is 4.31 Å². The van der Waals surface area contributed by atoms with Gasteiger partial charge < -0.3 is 15.4 Å². The number of H-pyrrole nitrogens is 1. The molecule has 6 nitrogen and oxygen atoms in total. The predicted octanol–water partition coefficient (Wildman–Crippen LogP) is -0.0969. The monoisotopic (exact) mass is 273 g/mol. The average Bonchev–Trinajstić information content (AvgIpc) is 2.78. The summed E-state index contributed by atoms with van der Waals surface area (Å²) >= 11 is 0. The zero-order valence-corrected chi connectivity index (χ0v) is 11.2. The van der Waals surface area contributed by atoms with Crippen molar-refractivity contribution in [2.45, 2.75) is 11.4 Å². The standard InChI is InChI=1S/C11H19N3O3S/c1-3-4-14(5-6-15)18(16,17)11-7-10(8-12-2)13-9-11/h3,7,9,12-13,15H,1,4-6,8H2,2H3. The molecule has 1 rings (SSSR count). The lowest BCUT2D eigenvalue weighted by Gasteiger charge is -2.18. The largest absolute Gasteiger partial charge is 0.395 e. The first-order valence-corrected chi connectivity index (χ1v) is 7.04. The van der Waals surface area contributed by atoms with E-state index in [1.807, 2.05) is 0 Å². The minimum Gasteiger partial charge on any atom is -0.395 e. The number of rotatable bonds is 8. The third-order valence-electron chi connectivity index (χ3n) is 2.40. The number of aromatic amines is 1. The molecule has 0 fully saturated rings. The molecule has 0 aliphatic carbocycles. The lowest BCUT2D eigenvalue weighted by atomic mass is 10.4. The van der Waals surface area contributed by atoms with E-state index in [0.29, 0.717) is 6.54 Å². The Morgan fingerprint density at radius 2 is 2.33 bits per heavy atom. The molecule has 0 saturated heterocycles. The second-order valence-corrected chi connectivity index (χ2v) is 5.70. The summed E-state index contributed by atoms with van der Waals surface area (Å²) in [5.41, 5.74) is 0.790. The molecule has 0 bridgehead atoms. The first-order valence-electron chi connectivity index (χ1n) is 5.60. The average molecular weight is 273 g/mol. The maximum Gasteiger partial charge on any atom is 0.244 e. The quantitative estimate of drug-likeness (QED) is 0.578. The van der Waals surface area contributed by atoms with Gasteiger partial charge in [0.2, 0.25) is 10.0 Å². The Bertz CT molecular complexity index is 481. The molecule has 18 heavy (non-hydrogen) atoms. The van der Waals surface area contributed by atoms with Gasteiger partial charge >= 0.3 is 0 Å². The van der Waals surface area contributed by atoms with Crippen LogP contribution in [-0.4, -0.2) is 49.6 Å². The Balaban J connectivity index is 2.97. The fourth-order valence-corrected chi connectivity index (χ4v) is 3.00. The van der Waals surface area contributed by atoms with Crippen LogP contribution in [0.15, 0.2) is 29.8 Å². The van der Waals surface area contributed by atoms with Gasteiger partial charge in [-0.1, -0.05) is 6.08 Å². The van der Waals surface area contributed by atoms with E-state index in [1.165, 1.54) is 16.6 Å². The molecule has 0 atom stereocenters. The Hall–Kier alpha value is -1.15. The Labute approximate surface area is 107 Å². The fourth-order valence-electron chi connectivity index (χ4n) is 1.57. The highest BCUT2D eigenvalue weighted by Crippen LogP contribution is 2.16. The van der Waals surface area contributed by atoms with Crippen LogP contribution in [0.2, 0.25) is 0 Å². The van der Waals surface area contributed by atoms with Crippen LogP contribution in [0.25, 0.3) is 0 Å². The molecule has 0 saturated carbocycles. The van der Waals surface area contributed by atoms with Gasteiger partial charge in [0.15, 0.2) is 0 Å². The van der Waals surface area contributed by atoms with E-state index < -0.39 is 10.0 Å². The second-order valence-electron chi connectivity index (χ2n) is 3.77. The number of aliphatic hydroxyl groups excluding tert-OH is 1. The van der Waals surface area contributed by atoms with Gasteiger partial charge in [0.05, 0.1) is 11.5 Å². The molecule has 0 unspecified atom stereocenters.